The molecule has 0 aromatic heterocycles. The van der Waals surface area contributed by atoms with Gasteiger partial charge in [0.2, 0.25) is 0 Å². The van der Waals surface area contributed by atoms with Gasteiger partial charge in [-0.3, -0.25) is 0 Å². The fourth-order valence-electron chi connectivity index (χ4n) is 1.89. The first-order valence-electron chi connectivity index (χ1n) is 5.97. The lowest BCUT2D eigenvalue weighted by Gasteiger charge is -2.23. The van der Waals surface area contributed by atoms with Crippen LogP contribution in [-0.4, -0.2) is 25.3 Å². The Balaban J connectivity index is 3.49. The van der Waals surface area contributed by atoms with Gasteiger partial charge in [0.1, 0.15) is 11.5 Å². The molecule has 0 heterocycles. The van der Waals surface area contributed by atoms with Crippen LogP contribution in [0.3, 0.4) is 0 Å². The average Bonchev–Trinajstić information content (AvgIpc) is 2.33. The Hall–Kier alpha value is -1.97. The molecule has 1 aromatic carbocycles. The molecule has 0 amide bonds. The molecule has 0 unspecified atom stereocenters. The molecule has 0 saturated heterocycles. The predicted molar refractivity (Wildman–Crippen MR) is 74.0 cm³/mol. The number of hydrogen-bond donors (Lipinski definition) is 1. The van der Waals surface area contributed by atoms with Gasteiger partial charge in [0, 0.05) is 5.56 Å². The van der Waals surface area contributed by atoms with Gasteiger partial charge in [-0.2, -0.15) is 0 Å². The van der Waals surface area contributed by atoms with E-state index in [2.05, 4.69) is 0 Å². The lowest BCUT2D eigenvalue weighted by atomic mass is 9.84. The number of rotatable bonds is 4. The van der Waals surface area contributed by atoms with Crippen molar-refractivity contribution in [2.45, 2.75) is 20.8 Å². The molecule has 4 nitrogen and oxygen atoms in total. The van der Waals surface area contributed by atoms with Crippen LogP contribution in [-0.2, 0) is 9.53 Å². The molecule has 0 aliphatic carbocycles. The van der Waals surface area contributed by atoms with E-state index in [0.29, 0.717) is 17.1 Å². The van der Waals surface area contributed by atoms with E-state index in [-0.39, 0.29) is 5.57 Å². The highest BCUT2D eigenvalue weighted by Crippen LogP contribution is 2.34. The van der Waals surface area contributed by atoms with Crippen LogP contribution in [0.4, 0.5) is 0 Å². The molecule has 0 saturated carbocycles. The predicted octanol–water partition coefficient (Wildman–Crippen LogP) is 3.18. The number of carboxylic acids is 1. The molecular weight excluding hydrogens is 244 g/mol. The van der Waals surface area contributed by atoms with Crippen molar-refractivity contribution in [1.29, 1.82) is 0 Å². The van der Waals surface area contributed by atoms with Crippen LogP contribution in [0.1, 0.15) is 26.3 Å². The van der Waals surface area contributed by atoms with Crippen LogP contribution >= 0.6 is 0 Å². The highest BCUT2D eigenvalue weighted by molar-refractivity contribution is 5.96. The molecule has 19 heavy (non-hydrogen) atoms. The third-order valence-electron chi connectivity index (χ3n) is 2.73. The van der Waals surface area contributed by atoms with Gasteiger partial charge in [0.05, 0.1) is 19.8 Å². The fourth-order valence-corrected chi connectivity index (χ4v) is 1.89. The number of methoxy groups -OCH3 is 2. The van der Waals surface area contributed by atoms with Gasteiger partial charge in [-0.15, -0.1) is 0 Å². The summed E-state index contributed by atoms with van der Waals surface area (Å²) in [4.78, 5) is 11.5. The third kappa shape index (κ3) is 3.50. The van der Waals surface area contributed by atoms with Gasteiger partial charge in [-0.1, -0.05) is 32.9 Å². The first-order valence-corrected chi connectivity index (χ1v) is 5.97. The molecule has 0 aliphatic heterocycles. The van der Waals surface area contributed by atoms with E-state index in [9.17, 15) is 9.90 Å². The normalized spacial score (nSPS) is 12.7. The fraction of sp³-hybridized carbons (Fsp3) is 0.400. The van der Waals surface area contributed by atoms with E-state index in [1.54, 1.807) is 31.4 Å². The minimum Gasteiger partial charge on any atom is -0.497 e. The van der Waals surface area contributed by atoms with E-state index >= 15 is 0 Å². The average molecular weight is 264 g/mol. The van der Waals surface area contributed by atoms with E-state index in [1.165, 1.54) is 7.11 Å². The van der Waals surface area contributed by atoms with Crippen molar-refractivity contribution in [3.63, 3.8) is 0 Å². The van der Waals surface area contributed by atoms with Gasteiger partial charge in [0.25, 0.3) is 0 Å². The molecule has 0 bridgehead atoms. The maximum Gasteiger partial charge on any atom is 0.335 e. The zero-order valence-electron chi connectivity index (χ0n) is 12.0. The van der Waals surface area contributed by atoms with E-state index in [0.717, 1.165) is 0 Å². The Morgan fingerprint density at radius 3 is 2.26 bits per heavy atom. The monoisotopic (exact) mass is 264 g/mol. The second kappa shape index (κ2) is 5.78. The van der Waals surface area contributed by atoms with Gasteiger partial charge < -0.3 is 14.6 Å². The summed E-state index contributed by atoms with van der Waals surface area (Å²) in [6.07, 6.45) is 0. The Labute approximate surface area is 113 Å². The van der Waals surface area contributed by atoms with Crippen LogP contribution in [0.2, 0.25) is 0 Å². The van der Waals surface area contributed by atoms with E-state index in [1.807, 2.05) is 20.8 Å². The summed E-state index contributed by atoms with van der Waals surface area (Å²) in [6, 6.07) is 7.16. The van der Waals surface area contributed by atoms with Crippen molar-refractivity contribution in [2.24, 2.45) is 5.41 Å². The van der Waals surface area contributed by atoms with E-state index < -0.39 is 11.4 Å². The van der Waals surface area contributed by atoms with Crippen LogP contribution in [0.5, 0.6) is 5.75 Å². The number of carbonyl (C=O) groups is 1. The van der Waals surface area contributed by atoms with Crippen LogP contribution < -0.4 is 4.74 Å². The molecule has 0 aliphatic rings. The number of benzene rings is 1. The Morgan fingerprint density at radius 2 is 1.84 bits per heavy atom. The van der Waals surface area contributed by atoms with Crippen molar-refractivity contribution in [3.05, 3.63) is 35.4 Å². The lowest BCUT2D eigenvalue weighted by Crippen LogP contribution is -2.20. The minimum atomic E-state index is -0.979. The highest BCUT2D eigenvalue weighted by Gasteiger charge is 2.29. The summed E-state index contributed by atoms with van der Waals surface area (Å²) in [6.45, 7) is 5.53. The zero-order chi connectivity index (χ0) is 14.6. The SMILES string of the molecule is COC(=C(C(=O)O)C(C)(C)C)c1cccc(OC)c1. The van der Waals surface area contributed by atoms with Crippen LogP contribution in [0.25, 0.3) is 5.76 Å². The van der Waals surface area contributed by atoms with Crippen molar-refractivity contribution in [3.8, 4) is 5.75 Å². The summed E-state index contributed by atoms with van der Waals surface area (Å²) in [5.41, 5.74) is 0.401. The highest BCUT2D eigenvalue weighted by atomic mass is 16.5. The van der Waals surface area contributed by atoms with Gasteiger partial charge in [-0.05, 0) is 17.5 Å². The molecule has 0 spiro atoms. The molecule has 4 heteroatoms. The summed E-state index contributed by atoms with van der Waals surface area (Å²) in [5.74, 6) is 0.0387. The largest absolute Gasteiger partial charge is 0.497 e. The first kappa shape index (κ1) is 15.1. The Morgan fingerprint density at radius 1 is 1.21 bits per heavy atom. The molecule has 1 aromatic rings. The Bertz CT molecular complexity index is 495. The standard InChI is InChI=1S/C15H20O4/c1-15(2,3)12(14(16)17)13(19-5)10-7-6-8-11(9-10)18-4/h6-9H,1-5H3,(H,16,17). The smallest absolute Gasteiger partial charge is 0.335 e. The number of carboxylic acid groups (broad SMARTS) is 1. The molecule has 0 radical (unpaired) electrons. The minimum absolute atomic E-state index is 0.239. The number of ether oxygens (including phenoxy) is 2. The molecular formula is C15H20O4. The maximum absolute atomic E-state index is 11.5. The number of hydrogen-bond acceptors (Lipinski definition) is 3. The summed E-state index contributed by atoms with van der Waals surface area (Å²) in [5, 5.41) is 9.43. The summed E-state index contributed by atoms with van der Waals surface area (Å²) >= 11 is 0. The number of aliphatic carboxylic acids is 1. The Kier molecular flexibility index (Phi) is 4.59. The molecule has 1 rings (SSSR count). The van der Waals surface area contributed by atoms with Gasteiger partial charge in [-0.25, -0.2) is 4.79 Å². The topological polar surface area (TPSA) is 55.8 Å². The maximum atomic E-state index is 11.5. The quantitative estimate of drug-likeness (QED) is 0.670. The van der Waals surface area contributed by atoms with Gasteiger partial charge in [0.15, 0.2) is 0 Å². The summed E-state index contributed by atoms with van der Waals surface area (Å²) in [7, 11) is 3.04. The summed E-state index contributed by atoms with van der Waals surface area (Å²) < 4.78 is 10.5. The van der Waals surface area contributed by atoms with Gasteiger partial charge >= 0.3 is 5.97 Å². The van der Waals surface area contributed by atoms with Crippen molar-refractivity contribution in [2.75, 3.05) is 14.2 Å². The van der Waals surface area contributed by atoms with Crippen molar-refractivity contribution >= 4 is 11.7 Å². The van der Waals surface area contributed by atoms with Crippen molar-refractivity contribution in [1.82, 2.24) is 0 Å². The third-order valence-corrected chi connectivity index (χ3v) is 2.73. The second-order valence-electron chi connectivity index (χ2n) is 5.20. The zero-order valence-corrected chi connectivity index (χ0v) is 12.0. The molecule has 0 fully saturated rings. The van der Waals surface area contributed by atoms with Crippen LogP contribution in [0.15, 0.2) is 29.8 Å². The molecule has 1 N–H and O–H groups in total. The van der Waals surface area contributed by atoms with Crippen LogP contribution in [0, 0.1) is 5.41 Å². The van der Waals surface area contributed by atoms with E-state index in [4.69, 9.17) is 9.47 Å². The molecule has 104 valence electrons. The first-order chi connectivity index (χ1) is 8.81. The molecule has 0 atom stereocenters. The second-order valence-corrected chi connectivity index (χ2v) is 5.20. The lowest BCUT2D eigenvalue weighted by molar-refractivity contribution is -0.133. The van der Waals surface area contributed by atoms with Crippen molar-refractivity contribution < 1.29 is 19.4 Å².